The fraction of sp³-hybridized carbons (Fsp3) is 0.0625. The third-order valence-electron chi connectivity index (χ3n) is 3.34. The number of hydrogen-bond acceptors (Lipinski definition) is 6. The number of nitrogens with one attached hydrogen (secondary N) is 1. The van der Waals surface area contributed by atoms with E-state index in [1.165, 1.54) is 31.5 Å². The van der Waals surface area contributed by atoms with Crippen molar-refractivity contribution in [2.75, 3.05) is 12.4 Å². The van der Waals surface area contributed by atoms with Crippen LogP contribution in [-0.2, 0) is 0 Å². The molecule has 0 aliphatic carbocycles. The molecule has 0 unspecified atom stereocenters. The summed E-state index contributed by atoms with van der Waals surface area (Å²) in [5.74, 6) is -0.117. The van der Waals surface area contributed by atoms with E-state index in [0.717, 1.165) is 5.39 Å². The predicted molar refractivity (Wildman–Crippen MR) is 87.1 cm³/mol. The number of para-hydroxylation sites is 2. The molecule has 1 amide bonds. The number of methoxy groups -OCH3 is 1. The summed E-state index contributed by atoms with van der Waals surface area (Å²) >= 11 is 0. The van der Waals surface area contributed by atoms with Crippen LogP contribution >= 0.6 is 0 Å². The summed E-state index contributed by atoms with van der Waals surface area (Å²) < 4.78 is 5.12. The van der Waals surface area contributed by atoms with Crippen LogP contribution in [0.1, 0.15) is 10.6 Å². The molecule has 0 atom stereocenters. The van der Waals surface area contributed by atoms with E-state index in [1.807, 2.05) is 0 Å². The Morgan fingerprint density at radius 3 is 2.79 bits per heavy atom. The molecule has 0 aliphatic rings. The molecule has 8 nitrogen and oxygen atoms in total. The van der Waals surface area contributed by atoms with Gasteiger partial charge in [0.1, 0.15) is 11.4 Å². The fourth-order valence-corrected chi connectivity index (χ4v) is 2.16. The van der Waals surface area contributed by atoms with Gasteiger partial charge >= 0.3 is 0 Å². The van der Waals surface area contributed by atoms with E-state index in [-0.39, 0.29) is 17.2 Å². The third kappa shape index (κ3) is 2.98. The number of hydrogen-bond donors (Lipinski definition) is 1. The summed E-state index contributed by atoms with van der Waals surface area (Å²) in [6, 6.07) is 11.1. The van der Waals surface area contributed by atoms with Crippen molar-refractivity contribution in [2.45, 2.75) is 0 Å². The lowest BCUT2D eigenvalue weighted by atomic mass is 10.2. The topological polar surface area (TPSA) is 107 Å². The number of rotatable bonds is 4. The number of carbonyl (C=O) groups is 1. The van der Waals surface area contributed by atoms with Crippen molar-refractivity contribution < 1.29 is 14.5 Å². The predicted octanol–water partition coefficient (Wildman–Crippen LogP) is 2.80. The maximum absolute atomic E-state index is 12.3. The maximum Gasteiger partial charge on any atom is 0.293 e. The number of nitro groups is 1. The van der Waals surface area contributed by atoms with Crippen LogP contribution in [0.15, 0.2) is 48.7 Å². The van der Waals surface area contributed by atoms with E-state index in [0.29, 0.717) is 11.3 Å². The second-order valence-corrected chi connectivity index (χ2v) is 4.85. The number of ether oxygens (including phenoxy) is 1. The van der Waals surface area contributed by atoms with Crippen LogP contribution in [-0.4, -0.2) is 27.9 Å². The first-order valence-corrected chi connectivity index (χ1v) is 6.94. The van der Waals surface area contributed by atoms with Crippen LogP contribution in [0.4, 0.5) is 11.4 Å². The quantitative estimate of drug-likeness (QED) is 0.584. The number of aromatic nitrogens is 2. The Balaban J connectivity index is 1.93. The molecule has 1 N–H and O–H groups in total. The molecular weight excluding hydrogens is 312 g/mol. The molecule has 3 rings (SSSR count). The molecular formula is C16H12N4O4. The number of anilines is 1. The molecule has 1 heterocycles. The zero-order valence-electron chi connectivity index (χ0n) is 12.6. The van der Waals surface area contributed by atoms with Crippen molar-refractivity contribution in [1.29, 1.82) is 0 Å². The van der Waals surface area contributed by atoms with Crippen molar-refractivity contribution in [3.63, 3.8) is 0 Å². The highest BCUT2D eigenvalue weighted by Gasteiger charge is 2.17. The zero-order valence-corrected chi connectivity index (χ0v) is 12.6. The van der Waals surface area contributed by atoms with Crippen molar-refractivity contribution >= 4 is 28.2 Å². The van der Waals surface area contributed by atoms with E-state index in [9.17, 15) is 14.9 Å². The number of amides is 1. The Labute approximate surface area is 136 Å². The molecule has 0 aliphatic heterocycles. The zero-order chi connectivity index (χ0) is 17.1. The normalized spacial score (nSPS) is 10.4. The third-order valence-corrected chi connectivity index (χ3v) is 3.34. The highest BCUT2D eigenvalue weighted by Crippen LogP contribution is 2.24. The molecule has 0 radical (unpaired) electrons. The molecule has 120 valence electrons. The van der Waals surface area contributed by atoms with Crippen LogP contribution < -0.4 is 10.1 Å². The molecule has 0 fully saturated rings. The summed E-state index contributed by atoms with van der Waals surface area (Å²) in [5, 5.41) is 14.2. The maximum atomic E-state index is 12.3. The molecule has 24 heavy (non-hydrogen) atoms. The van der Waals surface area contributed by atoms with Crippen LogP contribution in [0.3, 0.4) is 0 Å². The van der Waals surface area contributed by atoms with Gasteiger partial charge in [0.25, 0.3) is 11.6 Å². The Morgan fingerprint density at radius 2 is 2.04 bits per heavy atom. The molecule has 0 saturated carbocycles. The van der Waals surface area contributed by atoms with Gasteiger partial charge in [-0.3, -0.25) is 14.9 Å². The van der Waals surface area contributed by atoms with Gasteiger partial charge in [-0.2, -0.15) is 0 Å². The number of carbonyl (C=O) groups excluding carboxylic acids is 1. The molecule has 2 aromatic carbocycles. The van der Waals surface area contributed by atoms with E-state index >= 15 is 0 Å². The molecule has 3 aromatic rings. The average molecular weight is 324 g/mol. The van der Waals surface area contributed by atoms with Crippen LogP contribution in [0.2, 0.25) is 0 Å². The van der Waals surface area contributed by atoms with Crippen molar-refractivity contribution in [3.8, 4) is 5.75 Å². The van der Waals surface area contributed by atoms with Gasteiger partial charge in [0.15, 0.2) is 0 Å². The highest BCUT2D eigenvalue weighted by atomic mass is 16.6. The van der Waals surface area contributed by atoms with E-state index in [2.05, 4.69) is 15.3 Å². The Hall–Kier alpha value is -3.55. The smallest absolute Gasteiger partial charge is 0.293 e. The summed E-state index contributed by atoms with van der Waals surface area (Å²) in [6.45, 7) is 0. The summed E-state index contributed by atoms with van der Waals surface area (Å²) in [4.78, 5) is 30.9. The number of nitro benzene ring substituents is 1. The lowest BCUT2D eigenvalue weighted by Crippen LogP contribution is -2.16. The summed E-state index contributed by atoms with van der Waals surface area (Å²) in [5.41, 5.74) is 0.423. The minimum absolute atomic E-state index is 0.0850. The average Bonchev–Trinajstić information content (AvgIpc) is 2.61. The molecule has 8 heteroatoms. The van der Waals surface area contributed by atoms with Gasteiger partial charge in [0, 0.05) is 23.7 Å². The van der Waals surface area contributed by atoms with Crippen LogP contribution in [0.25, 0.3) is 10.9 Å². The number of benzene rings is 2. The fourth-order valence-electron chi connectivity index (χ4n) is 2.16. The monoisotopic (exact) mass is 324 g/mol. The summed E-state index contributed by atoms with van der Waals surface area (Å²) in [7, 11) is 1.53. The van der Waals surface area contributed by atoms with Crippen LogP contribution in [0.5, 0.6) is 5.75 Å². The van der Waals surface area contributed by atoms with Gasteiger partial charge in [-0.1, -0.05) is 12.1 Å². The van der Waals surface area contributed by atoms with E-state index in [4.69, 9.17) is 4.74 Å². The SMILES string of the molecule is COc1ccc2cnc(C(=O)Nc3ccccc3[N+](=O)[O-])nc2c1. The lowest BCUT2D eigenvalue weighted by Gasteiger charge is -2.06. The van der Waals surface area contributed by atoms with Gasteiger partial charge in [0.05, 0.1) is 17.5 Å². The Bertz CT molecular complexity index is 942. The largest absolute Gasteiger partial charge is 0.497 e. The number of fused-ring (bicyclic) bond motifs is 1. The van der Waals surface area contributed by atoms with Gasteiger partial charge in [-0.15, -0.1) is 0 Å². The highest BCUT2D eigenvalue weighted by molar-refractivity contribution is 6.03. The lowest BCUT2D eigenvalue weighted by molar-refractivity contribution is -0.383. The Kier molecular flexibility index (Phi) is 4.02. The molecule has 0 bridgehead atoms. The minimum atomic E-state index is -0.631. The standard InChI is InChI=1S/C16H12N4O4/c1-24-11-7-6-10-9-17-15(18-13(10)8-11)16(21)19-12-4-2-3-5-14(12)20(22)23/h2-9H,1H3,(H,19,21). The van der Waals surface area contributed by atoms with Gasteiger partial charge < -0.3 is 10.1 Å². The minimum Gasteiger partial charge on any atom is -0.497 e. The molecule has 0 saturated heterocycles. The second-order valence-electron chi connectivity index (χ2n) is 4.85. The first kappa shape index (κ1) is 15.3. The molecule has 0 spiro atoms. The molecule has 1 aromatic heterocycles. The Morgan fingerprint density at radius 1 is 1.25 bits per heavy atom. The van der Waals surface area contributed by atoms with Crippen molar-refractivity contribution in [1.82, 2.24) is 9.97 Å². The van der Waals surface area contributed by atoms with Crippen molar-refractivity contribution in [2.24, 2.45) is 0 Å². The van der Waals surface area contributed by atoms with E-state index in [1.54, 1.807) is 24.3 Å². The van der Waals surface area contributed by atoms with Gasteiger partial charge in [-0.25, -0.2) is 9.97 Å². The van der Waals surface area contributed by atoms with Crippen molar-refractivity contribution in [3.05, 3.63) is 64.6 Å². The summed E-state index contributed by atoms with van der Waals surface area (Å²) in [6.07, 6.45) is 1.51. The first-order valence-electron chi connectivity index (χ1n) is 6.94. The van der Waals surface area contributed by atoms with Crippen LogP contribution in [0, 0.1) is 10.1 Å². The number of nitrogens with zero attached hydrogens (tertiary/aromatic N) is 3. The van der Waals surface area contributed by atoms with Gasteiger partial charge in [-0.05, 0) is 18.2 Å². The first-order chi connectivity index (χ1) is 11.6. The second kappa shape index (κ2) is 6.29. The van der Waals surface area contributed by atoms with E-state index < -0.39 is 10.8 Å². The van der Waals surface area contributed by atoms with Gasteiger partial charge in [0.2, 0.25) is 5.82 Å².